The van der Waals surface area contributed by atoms with Gasteiger partial charge in [0, 0.05) is 17.3 Å². The van der Waals surface area contributed by atoms with E-state index in [9.17, 15) is 4.79 Å². The third-order valence-electron chi connectivity index (χ3n) is 4.23. The van der Waals surface area contributed by atoms with Gasteiger partial charge in [-0.05, 0) is 67.1 Å². The highest BCUT2D eigenvalue weighted by atomic mass is 16.5. The van der Waals surface area contributed by atoms with Crippen LogP contribution in [0.4, 0.5) is 5.69 Å². The summed E-state index contributed by atoms with van der Waals surface area (Å²) in [5.41, 5.74) is 2.97. The maximum Gasteiger partial charge on any atom is 0.248 e. The first-order valence-electron chi connectivity index (χ1n) is 9.00. The van der Waals surface area contributed by atoms with Crippen LogP contribution in [0.5, 0.6) is 17.2 Å². The second-order valence-corrected chi connectivity index (χ2v) is 6.28. The van der Waals surface area contributed by atoms with Crippen LogP contribution in [0.25, 0.3) is 6.08 Å². The lowest BCUT2D eigenvalue weighted by atomic mass is 10.1. The Morgan fingerprint density at radius 3 is 2.45 bits per heavy atom. The molecule has 0 saturated heterocycles. The Hall–Kier alpha value is -4.04. The van der Waals surface area contributed by atoms with Crippen molar-refractivity contribution in [3.8, 4) is 23.3 Å². The van der Waals surface area contributed by atoms with Crippen molar-refractivity contribution in [3.05, 3.63) is 89.5 Å². The van der Waals surface area contributed by atoms with Crippen LogP contribution in [0.1, 0.15) is 16.7 Å². The lowest BCUT2D eigenvalue weighted by Crippen LogP contribution is -2.09. The van der Waals surface area contributed by atoms with Crippen molar-refractivity contribution in [3.63, 3.8) is 0 Å². The molecule has 0 aliphatic carbocycles. The molecule has 3 aromatic rings. The molecule has 144 valence electrons. The molecule has 0 heterocycles. The lowest BCUT2D eigenvalue weighted by molar-refractivity contribution is -0.111. The van der Waals surface area contributed by atoms with Crippen LogP contribution in [0.3, 0.4) is 0 Å². The van der Waals surface area contributed by atoms with Crippen LogP contribution in [-0.4, -0.2) is 13.0 Å². The van der Waals surface area contributed by atoms with Gasteiger partial charge in [0.2, 0.25) is 5.91 Å². The molecule has 0 saturated carbocycles. The summed E-state index contributed by atoms with van der Waals surface area (Å²) in [7, 11) is 1.59. The largest absolute Gasteiger partial charge is 0.496 e. The first kappa shape index (κ1) is 19.7. The van der Waals surface area contributed by atoms with Gasteiger partial charge in [-0.25, -0.2) is 0 Å². The fourth-order valence-electron chi connectivity index (χ4n) is 2.72. The monoisotopic (exact) mass is 384 g/mol. The molecule has 1 amide bonds. The summed E-state index contributed by atoms with van der Waals surface area (Å²) in [5.74, 6) is 1.76. The van der Waals surface area contributed by atoms with Crippen molar-refractivity contribution in [2.75, 3.05) is 12.4 Å². The molecule has 0 aromatic heterocycles. The summed E-state index contributed by atoms with van der Waals surface area (Å²) >= 11 is 0. The second kappa shape index (κ2) is 9.25. The van der Waals surface area contributed by atoms with E-state index in [1.54, 1.807) is 49.6 Å². The maximum atomic E-state index is 12.3. The van der Waals surface area contributed by atoms with E-state index in [1.807, 2.05) is 37.3 Å². The number of nitrogens with one attached hydrogen (secondary N) is 1. The number of carbonyl (C=O) groups excluding carboxylic acids is 1. The van der Waals surface area contributed by atoms with Crippen LogP contribution in [0.2, 0.25) is 0 Å². The van der Waals surface area contributed by atoms with Gasteiger partial charge < -0.3 is 14.8 Å². The van der Waals surface area contributed by atoms with Gasteiger partial charge in [0.25, 0.3) is 0 Å². The minimum atomic E-state index is -0.236. The molecule has 0 atom stereocenters. The second-order valence-electron chi connectivity index (χ2n) is 6.28. The zero-order chi connectivity index (χ0) is 20.6. The summed E-state index contributed by atoms with van der Waals surface area (Å²) in [5, 5.41) is 11.7. The van der Waals surface area contributed by atoms with Crippen LogP contribution in [0, 0.1) is 18.3 Å². The van der Waals surface area contributed by atoms with E-state index in [-0.39, 0.29) is 5.91 Å². The Kier molecular flexibility index (Phi) is 6.29. The Bertz CT molecular complexity index is 1080. The summed E-state index contributed by atoms with van der Waals surface area (Å²) in [6.07, 6.45) is 3.18. The van der Waals surface area contributed by atoms with Crippen molar-refractivity contribution >= 4 is 17.7 Å². The summed E-state index contributed by atoms with van der Waals surface area (Å²) in [6.45, 7) is 1.89. The Balaban J connectivity index is 1.66. The predicted octanol–water partition coefficient (Wildman–Crippen LogP) is 5.32. The number of nitriles is 1. The molecule has 29 heavy (non-hydrogen) atoms. The molecule has 0 fully saturated rings. The molecule has 1 N–H and O–H groups in total. The molecule has 0 bridgehead atoms. The molecule has 0 radical (unpaired) electrons. The number of hydrogen-bond acceptors (Lipinski definition) is 4. The maximum absolute atomic E-state index is 12.3. The minimum absolute atomic E-state index is 0.236. The van der Waals surface area contributed by atoms with Gasteiger partial charge in [-0.15, -0.1) is 0 Å². The first-order valence-corrected chi connectivity index (χ1v) is 9.00. The number of aryl methyl sites for hydroxylation is 1. The zero-order valence-electron chi connectivity index (χ0n) is 16.2. The number of anilines is 1. The van der Waals surface area contributed by atoms with Crippen LogP contribution in [-0.2, 0) is 4.79 Å². The third-order valence-corrected chi connectivity index (χ3v) is 4.23. The summed E-state index contributed by atoms with van der Waals surface area (Å²) in [4.78, 5) is 12.3. The molecule has 5 nitrogen and oxygen atoms in total. The van der Waals surface area contributed by atoms with Gasteiger partial charge in [0.1, 0.15) is 17.2 Å². The summed E-state index contributed by atoms with van der Waals surface area (Å²) in [6, 6.07) is 21.9. The normalized spacial score (nSPS) is 10.4. The Morgan fingerprint density at radius 2 is 1.76 bits per heavy atom. The standard InChI is InChI=1S/C24H20N2O3/c1-17-15-21(29-20-10-7-18(16-25)8-11-20)12-13-22(17)26-24(27)14-9-19-5-3-4-6-23(19)28-2/h3-15H,1-2H3,(H,26,27)/b14-9+. The molecule has 0 aliphatic rings. The number of methoxy groups -OCH3 is 1. The number of rotatable bonds is 6. The van der Waals surface area contributed by atoms with E-state index in [0.29, 0.717) is 28.5 Å². The predicted molar refractivity (Wildman–Crippen MR) is 113 cm³/mol. The highest BCUT2D eigenvalue weighted by Crippen LogP contribution is 2.26. The fourth-order valence-corrected chi connectivity index (χ4v) is 2.72. The van der Waals surface area contributed by atoms with Crippen LogP contribution < -0.4 is 14.8 Å². The fraction of sp³-hybridized carbons (Fsp3) is 0.0833. The third kappa shape index (κ3) is 5.24. The van der Waals surface area contributed by atoms with Gasteiger partial charge in [-0.2, -0.15) is 5.26 Å². The lowest BCUT2D eigenvalue weighted by Gasteiger charge is -2.10. The van der Waals surface area contributed by atoms with Crippen LogP contribution in [0.15, 0.2) is 72.8 Å². The van der Waals surface area contributed by atoms with Crippen molar-refractivity contribution in [2.45, 2.75) is 6.92 Å². The van der Waals surface area contributed by atoms with Crippen molar-refractivity contribution in [1.82, 2.24) is 0 Å². The SMILES string of the molecule is COc1ccccc1/C=C/C(=O)Nc1ccc(Oc2ccc(C#N)cc2)cc1C. The number of para-hydroxylation sites is 1. The smallest absolute Gasteiger partial charge is 0.248 e. The molecule has 3 aromatic carbocycles. The first-order chi connectivity index (χ1) is 14.1. The number of nitrogens with zero attached hydrogens (tertiary/aromatic N) is 1. The quantitative estimate of drug-likeness (QED) is 0.584. The number of hydrogen-bond donors (Lipinski definition) is 1. The van der Waals surface area contributed by atoms with E-state index >= 15 is 0 Å². The molecule has 0 spiro atoms. The van der Waals surface area contributed by atoms with Crippen molar-refractivity contribution in [2.24, 2.45) is 0 Å². The number of ether oxygens (including phenoxy) is 2. The average molecular weight is 384 g/mol. The van der Waals surface area contributed by atoms with Gasteiger partial charge >= 0.3 is 0 Å². The molecule has 3 rings (SSSR count). The molecular formula is C24H20N2O3. The molecule has 0 unspecified atom stereocenters. The molecule has 5 heteroatoms. The molecular weight excluding hydrogens is 364 g/mol. The Labute approximate surface area is 169 Å². The van der Waals surface area contributed by atoms with Crippen molar-refractivity contribution < 1.29 is 14.3 Å². The van der Waals surface area contributed by atoms with E-state index < -0.39 is 0 Å². The highest BCUT2D eigenvalue weighted by molar-refractivity contribution is 6.02. The number of benzene rings is 3. The molecule has 0 aliphatic heterocycles. The van der Waals surface area contributed by atoms with E-state index in [1.165, 1.54) is 6.08 Å². The van der Waals surface area contributed by atoms with E-state index in [2.05, 4.69) is 11.4 Å². The van der Waals surface area contributed by atoms with Gasteiger partial charge in [0.15, 0.2) is 0 Å². The number of amides is 1. The van der Waals surface area contributed by atoms with Gasteiger partial charge in [-0.3, -0.25) is 4.79 Å². The van der Waals surface area contributed by atoms with Gasteiger partial charge in [0.05, 0.1) is 18.7 Å². The Morgan fingerprint density at radius 1 is 1.03 bits per heavy atom. The van der Waals surface area contributed by atoms with Crippen LogP contribution >= 0.6 is 0 Å². The van der Waals surface area contributed by atoms with Crippen molar-refractivity contribution in [1.29, 1.82) is 5.26 Å². The van der Waals surface area contributed by atoms with E-state index in [0.717, 1.165) is 11.1 Å². The van der Waals surface area contributed by atoms with E-state index in [4.69, 9.17) is 14.7 Å². The highest BCUT2D eigenvalue weighted by Gasteiger charge is 2.06. The summed E-state index contributed by atoms with van der Waals surface area (Å²) < 4.78 is 11.1. The minimum Gasteiger partial charge on any atom is -0.496 e. The topological polar surface area (TPSA) is 71.3 Å². The van der Waals surface area contributed by atoms with Gasteiger partial charge in [-0.1, -0.05) is 18.2 Å². The average Bonchev–Trinajstić information content (AvgIpc) is 2.75. The zero-order valence-corrected chi connectivity index (χ0v) is 16.2. The number of carbonyl (C=O) groups is 1.